The molecule has 0 atom stereocenters. The van der Waals surface area contributed by atoms with E-state index in [1.165, 1.54) is 26.4 Å². The van der Waals surface area contributed by atoms with Crippen LogP contribution in [0.3, 0.4) is 0 Å². The Morgan fingerprint density at radius 2 is 1.92 bits per heavy atom. The lowest BCUT2D eigenvalue weighted by Gasteiger charge is -2.12. The van der Waals surface area contributed by atoms with E-state index in [0.29, 0.717) is 22.9 Å². The molecule has 2 aromatic rings. The van der Waals surface area contributed by atoms with E-state index in [0.717, 1.165) is 0 Å². The van der Waals surface area contributed by atoms with E-state index in [1.54, 1.807) is 25.1 Å². The zero-order chi connectivity index (χ0) is 18.4. The second-order valence-corrected chi connectivity index (χ2v) is 5.11. The van der Waals surface area contributed by atoms with Crippen LogP contribution in [0.25, 0.3) is 0 Å². The van der Waals surface area contributed by atoms with Gasteiger partial charge in [0.1, 0.15) is 17.1 Å². The molecule has 0 saturated heterocycles. The predicted molar refractivity (Wildman–Crippen MR) is 89.7 cm³/mol. The first-order valence-corrected chi connectivity index (χ1v) is 7.37. The van der Waals surface area contributed by atoms with Crippen LogP contribution in [0.1, 0.15) is 23.0 Å². The first-order valence-electron chi connectivity index (χ1n) is 7.37. The molecule has 0 unspecified atom stereocenters. The van der Waals surface area contributed by atoms with Gasteiger partial charge in [-0.25, -0.2) is 4.79 Å². The van der Waals surface area contributed by atoms with E-state index in [9.17, 15) is 14.4 Å². The Labute approximate surface area is 144 Å². The third kappa shape index (κ3) is 4.84. The fourth-order valence-electron chi connectivity index (χ4n) is 2.08. The SMILES string of the molecule is COc1ccc(NC(C)=O)cc1NC(=O)COC(=O)c1ccoc1C. The largest absolute Gasteiger partial charge is 0.495 e. The summed E-state index contributed by atoms with van der Waals surface area (Å²) in [5.41, 5.74) is 1.10. The van der Waals surface area contributed by atoms with E-state index in [2.05, 4.69) is 10.6 Å². The highest BCUT2D eigenvalue weighted by atomic mass is 16.5. The van der Waals surface area contributed by atoms with Crippen LogP contribution in [0.2, 0.25) is 0 Å². The molecular weight excluding hydrogens is 328 g/mol. The molecule has 2 N–H and O–H groups in total. The van der Waals surface area contributed by atoms with Crippen LogP contribution in [-0.4, -0.2) is 31.5 Å². The molecule has 132 valence electrons. The Hall–Kier alpha value is -3.29. The summed E-state index contributed by atoms with van der Waals surface area (Å²) >= 11 is 0. The zero-order valence-corrected chi connectivity index (χ0v) is 14.0. The number of hydrogen-bond acceptors (Lipinski definition) is 6. The molecule has 25 heavy (non-hydrogen) atoms. The average Bonchev–Trinajstić information content (AvgIpc) is 2.98. The number of amides is 2. The van der Waals surface area contributed by atoms with Crippen molar-refractivity contribution in [1.29, 1.82) is 0 Å². The monoisotopic (exact) mass is 346 g/mol. The second-order valence-electron chi connectivity index (χ2n) is 5.11. The van der Waals surface area contributed by atoms with Crippen molar-refractivity contribution >= 4 is 29.2 Å². The summed E-state index contributed by atoms with van der Waals surface area (Å²) in [6, 6.07) is 6.25. The zero-order valence-electron chi connectivity index (χ0n) is 14.0. The highest BCUT2D eigenvalue weighted by Crippen LogP contribution is 2.27. The van der Waals surface area contributed by atoms with Gasteiger partial charge in [-0.05, 0) is 31.2 Å². The maximum Gasteiger partial charge on any atom is 0.342 e. The van der Waals surface area contributed by atoms with Gasteiger partial charge in [-0.3, -0.25) is 9.59 Å². The molecule has 0 saturated carbocycles. The van der Waals surface area contributed by atoms with E-state index < -0.39 is 18.5 Å². The molecule has 0 aliphatic carbocycles. The minimum atomic E-state index is -0.652. The predicted octanol–water partition coefficient (Wildman–Crippen LogP) is 2.35. The molecule has 0 aliphatic rings. The maximum atomic E-state index is 12.0. The fraction of sp³-hybridized carbons (Fsp3) is 0.235. The minimum absolute atomic E-state index is 0.244. The van der Waals surface area contributed by atoms with Crippen LogP contribution < -0.4 is 15.4 Å². The van der Waals surface area contributed by atoms with Gasteiger partial charge in [-0.2, -0.15) is 0 Å². The summed E-state index contributed by atoms with van der Waals surface area (Å²) in [5.74, 6) is -0.630. The van der Waals surface area contributed by atoms with Crippen LogP contribution in [0, 0.1) is 6.92 Å². The quantitative estimate of drug-likeness (QED) is 0.778. The summed E-state index contributed by atoms with van der Waals surface area (Å²) in [7, 11) is 1.45. The molecule has 8 nitrogen and oxygen atoms in total. The molecule has 0 bridgehead atoms. The molecule has 2 amide bonds. The van der Waals surface area contributed by atoms with Crippen molar-refractivity contribution in [2.24, 2.45) is 0 Å². The molecule has 1 aromatic heterocycles. The normalized spacial score (nSPS) is 10.0. The van der Waals surface area contributed by atoms with Crippen molar-refractivity contribution in [3.63, 3.8) is 0 Å². The summed E-state index contributed by atoms with van der Waals surface area (Å²) in [6.07, 6.45) is 1.37. The number of hydrogen-bond donors (Lipinski definition) is 2. The Morgan fingerprint density at radius 3 is 2.52 bits per heavy atom. The van der Waals surface area contributed by atoms with Crippen LogP contribution in [0.4, 0.5) is 11.4 Å². The van der Waals surface area contributed by atoms with Gasteiger partial charge < -0.3 is 24.5 Å². The summed E-state index contributed by atoms with van der Waals surface area (Å²) < 4.78 is 15.1. The summed E-state index contributed by atoms with van der Waals surface area (Å²) in [5, 5.41) is 5.18. The minimum Gasteiger partial charge on any atom is -0.495 e. The Kier molecular flexibility index (Phi) is 5.78. The van der Waals surface area contributed by atoms with Gasteiger partial charge in [0.05, 0.1) is 19.1 Å². The highest BCUT2D eigenvalue weighted by molar-refractivity contribution is 5.97. The maximum absolute atomic E-state index is 12.0. The second kappa shape index (κ2) is 8.00. The Morgan fingerprint density at radius 1 is 1.16 bits per heavy atom. The first-order chi connectivity index (χ1) is 11.9. The van der Waals surface area contributed by atoms with Crippen molar-refractivity contribution in [3.05, 3.63) is 41.9 Å². The summed E-state index contributed by atoms with van der Waals surface area (Å²) in [6.45, 7) is 2.52. The lowest BCUT2D eigenvalue weighted by Crippen LogP contribution is -2.21. The number of ether oxygens (including phenoxy) is 2. The molecular formula is C17H18N2O6. The fourth-order valence-corrected chi connectivity index (χ4v) is 2.08. The number of rotatable bonds is 6. The molecule has 0 spiro atoms. The van der Waals surface area contributed by atoms with Crippen molar-refractivity contribution in [3.8, 4) is 5.75 Å². The van der Waals surface area contributed by atoms with Crippen molar-refractivity contribution in [2.75, 3.05) is 24.4 Å². The number of anilines is 2. The van der Waals surface area contributed by atoms with Gasteiger partial charge in [0.25, 0.3) is 5.91 Å². The van der Waals surface area contributed by atoms with E-state index in [4.69, 9.17) is 13.9 Å². The molecule has 2 rings (SSSR count). The molecule has 1 aromatic carbocycles. The third-order valence-electron chi connectivity index (χ3n) is 3.21. The van der Waals surface area contributed by atoms with E-state index >= 15 is 0 Å². The number of furan rings is 1. The van der Waals surface area contributed by atoms with Gasteiger partial charge in [0.15, 0.2) is 6.61 Å². The average molecular weight is 346 g/mol. The van der Waals surface area contributed by atoms with Gasteiger partial charge in [-0.1, -0.05) is 0 Å². The number of nitrogens with one attached hydrogen (secondary N) is 2. The van der Waals surface area contributed by atoms with Crippen LogP contribution in [-0.2, 0) is 14.3 Å². The van der Waals surface area contributed by atoms with Crippen molar-refractivity contribution < 1.29 is 28.3 Å². The molecule has 0 radical (unpaired) electrons. The molecule has 1 heterocycles. The Balaban J connectivity index is 2.00. The van der Waals surface area contributed by atoms with Gasteiger partial charge >= 0.3 is 5.97 Å². The summed E-state index contributed by atoms with van der Waals surface area (Å²) in [4.78, 5) is 35.0. The number of carbonyl (C=O) groups is 3. The molecule has 0 fully saturated rings. The lowest BCUT2D eigenvalue weighted by atomic mass is 10.2. The van der Waals surface area contributed by atoms with Crippen molar-refractivity contribution in [2.45, 2.75) is 13.8 Å². The number of carbonyl (C=O) groups excluding carboxylic acids is 3. The molecule has 8 heteroatoms. The van der Waals surface area contributed by atoms with E-state index in [-0.39, 0.29) is 11.5 Å². The highest BCUT2D eigenvalue weighted by Gasteiger charge is 2.16. The molecule has 0 aliphatic heterocycles. The van der Waals surface area contributed by atoms with Crippen LogP contribution in [0.5, 0.6) is 5.75 Å². The van der Waals surface area contributed by atoms with Crippen molar-refractivity contribution in [1.82, 2.24) is 0 Å². The number of benzene rings is 1. The third-order valence-corrected chi connectivity index (χ3v) is 3.21. The lowest BCUT2D eigenvalue weighted by molar-refractivity contribution is -0.119. The first kappa shape index (κ1) is 18.1. The standard InChI is InChI=1S/C17H18N2O6/c1-10-13(6-7-24-10)17(22)25-9-16(21)19-14-8-12(18-11(2)20)4-5-15(14)23-3/h4-8H,9H2,1-3H3,(H,18,20)(H,19,21). The smallest absolute Gasteiger partial charge is 0.342 e. The Bertz CT molecular complexity index is 796. The number of methoxy groups -OCH3 is 1. The topological polar surface area (TPSA) is 107 Å². The van der Waals surface area contributed by atoms with E-state index in [1.807, 2.05) is 0 Å². The number of aryl methyl sites for hydroxylation is 1. The van der Waals surface area contributed by atoms with Crippen LogP contribution >= 0.6 is 0 Å². The van der Waals surface area contributed by atoms with Gasteiger partial charge in [-0.15, -0.1) is 0 Å². The van der Waals surface area contributed by atoms with Gasteiger partial charge in [0.2, 0.25) is 5.91 Å². The van der Waals surface area contributed by atoms with Gasteiger partial charge in [0, 0.05) is 12.6 Å². The number of esters is 1. The van der Waals surface area contributed by atoms with Crippen LogP contribution in [0.15, 0.2) is 34.9 Å².